The van der Waals surface area contributed by atoms with Crippen molar-refractivity contribution in [1.82, 2.24) is 19.9 Å². The number of rotatable bonds is 5. The zero-order valence-corrected chi connectivity index (χ0v) is 31.6. The summed E-state index contributed by atoms with van der Waals surface area (Å²) in [5.41, 5.74) is 12.5. The number of aromatic nitrogens is 4. The van der Waals surface area contributed by atoms with E-state index in [4.69, 9.17) is 15.0 Å². The topological polar surface area (TPSA) is 51.6 Å². The summed E-state index contributed by atoms with van der Waals surface area (Å²) in [7, 11) is 0. The fourth-order valence-electron chi connectivity index (χ4n) is 8.81. The zero-order chi connectivity index (χ0) is 38.1. The van der Waals surface area contributed by atoms with E-state index in [1.165, 1.54) is 60.1 Å². The molecule has 0 amide bonds. The van der Waals surface area contributed by atoms with Gasteiger partial charge in [-0.05, 0) is 96.0 Å². The minimum Gasteiger partial charge on any atom is -0.256 e. The molecular formula is C53H36N4. The standard InChI is InChI=1S/C53H36N4/c1-53(2)47-17-9-8-16-42(47)46-31-44-41-28-27-38(30-43(41)39-14-6-7-15-40(39)45(44)32-48(46)53)33-19-23-36(24-20-33)51-55-50(35-12-4-3-5-13-35)56-52(57-51)37-25-21-34(22-26-37)49-18-10-11-29-54-49/h3-32H,1-2H3. The molecule has 4 heteroatoms. The minimum atomic E-state index is -0.0514. The van der Waals surface area contributed by atoms with Crippen LogP contribution in [0.25, 0.3) is 100.0 Å². The van der Waals surface area contributed by atoms with Gasteiger partial charge >= 0.3 is 0 Å². The highest BCUT2D eigenvalue weighted by Crippen LogP contribution is 2.51. The summed E-state index contributed by atoms with van der Waals surface area (Å²) in [6.45, 7) is 4.71. The van der Waals surface area contributed by atoms with Gasteiger partial charge in [-0.3, -0.25) is 4.98 Å². The summed E-state index contributed by atoms with van der Waals surface area (Å²) in [6, 6.07) is 62.5. The van der Waals surface area contributed by atoms with Gasteiger partial charge in [0.25, 0.3) is 0 Å². The van der Waals surface area contributed by atoms with Crippen LogP contribution in [-0.4, -0.2) is 19.9 Å². The second-order valence-corrected chi connectivity index (χ2v) is 15.5. The Kier molecular flexibility index (Phi) is 7.48. The van der Waals surface area contributed by atoms with Gasteiger partial charge in [0.2, 0.25) is 0 Å². The first-order chi connectivity index (χ1) is 28.0. The molecule has 0 unspecified atom stereocenters. The van der Waals surface area contributed by atoms with Gasteiger partial charge in [0, 0.05) is 33.9 Å². The maximum Gasteiger partial charge on any atom is 0.164 e. The van der Waals surface area contributed by atoms with Gasteiger partial charge in [-0.25, -0.2) is 15.0 Å². The lowest BCUT2D eigenvalue weighted by molar-refractivity contribution is 0.661. The van der Waals surface area contributed by atoms with Crippen LogP contribution in [0, 0.1) is 0 Å². The molecule has 0 atom stereocenters. The molecule has 0 aliphatic heterocycles. The van der Waals surface area contributed by atoms with Crippen molar-refractivity contribution in [3.05, 3.63) is 193 Å². The summed E-state index contributed by atoms with van der Waals surface area (Å²) in [4.78, 5) is 19.5. The number of benzene rings is 8. The molecule has 0 saturated heterocycles. The molecule has 2 heterocycles. The molecule has 0 saturated carbocycles. The van der Waals surface area contributed by atoms with Crippen molar-refractivity contribution in [1.29, 1.82) is 0 Å². The Labute approximate surface area is 331 Å². The first kappa shape index (κ1) is 33.1. The average Bonchev–Trinajstić information content (AvgIpc) is 3.51. The first-order valence-corrected chi connectivity index (χ1v) is 19.5. The van der Waals surface area contributed by atoms with E-state index in [0.717, 1.165) is 33.5 Å². The molecule has 0 radical (unpaired) electrons. The Morgan fingerprint density at radius 1 is 0.333 bits per heavy atom. The van der Waals surface area contributed by atoms with Crippen LogP contribution >= 0.6 is 0 Å². The highest BCUT2D eigenvalue weighted by atomic mass is 15.0. The number of fused-ring (bicyclic) bond motifs is 9. The largest absolute Gasteiger partial charge is 0.256 e. The van der Waals surface area contributed by atoms with Crippen LogP contribution in [0.3, 0.4) is 0 Å². The van der Waals surface area contributed by atoms with Crippen molar-refractivity contribution in [3.8, 4) is 67.7 Å². The number of hydrogen-bond donors (Lipinski definition) is 0. The van der Waals surface area contributed by atoms with Crippen LogP contribution in [0.15, 0.2) is 182 Å². The summed E-state index contributed by atoms with van der Waals surface area (Å²) in [5.74, 6) is 1.90. The zero-order valence-electron chi connectivity index (χ0n) is 31.6. The summed E-state index contributed by atoms with van der Waals surface area (Å²) in [6.07, 6.45) is 1.81. The molecule has 268 valence electrons. The first-order valence-electron chi connectivity index (χ1n) is 19.5. The number of hydrogen-bond acceptors (Lipinski definition) is 4. The minimum absolute atomic E-state index is 0.0514. The van der Waals surface area contributed by atoms with Crippen LogP contribution in [0.2, 0.25) is 0 Å². The molecule has 1 aliphatic rings. The normalized spacial score (nSPS) is 12.9. The summed E-state index contributed by atoms with van der Waals surface area (Å²) >= 11 is 0. The van der Waals surface area contributed by atoms with Gasteiger partial charge in [0.1, 0.15) is 0 Å². The van der Waals surface area contributed by atoms with Gasteiger partial charge in [-0.15, -0.1) is 0 Å². The maximum absolute atomic E-state index is 5.02. The summed E-state index contributed by atoms with van der Waals surface area (Å²) < 4.78 is 0. The lowest BCUT2D eigenvalue weighted by Gasteiger charge is -2.22. The van der Waals surface area contributed by atoms with Gasteiger partial charge in [0.15, 0.2) is 17.5 Å². The Morgan fingerprint density at radius 3 is 1.51 bits per heavy atom. The van der Waals surface area contributed by atoms with E-state index in [1.807, 2.05) is 54.7 Å². The van der Waals surface area contributed by atoms with E-state index in [2.05, 4.69) is 146 Å². The Bertz CT molecular complexity index is 3170. The monoisotopic (exact) mass is 728 g/mol. The molecule has 0 spiro atoms. The second-order valence-electron chi connectivity index (χ2n) is 15.5. The molecule has 1 aliphatic carbocycles. The molecular weight excluding hydrogens is 693 g/mol. The van der Waals surface area contributed by atoms with Crippen LogP contribution < -0.4 is 0 Å². The van der Waals surface area contributed by atoms with Crippen molar-refractivity contribution in [2.24, 2.45) is 0 Å². The molecule has 2 aromatic heterocycles. The molecule has 4 nitrogen and oxygen atoms in total. The Morgan fingerprint density at radius 2 is 0.842 bits per heavy atom. The lowest BCUT2D eigenvalue weighted by atomic mass is 9.81. The lowest BCUT2D eigenvalue weighted by Crippen LogP contribution is -2.14. The van der Waals surface area contributed by atoms with Crippen LogP contribution in [0.1, 0.15) is 25.0 Å². The van der Waals surface area contributed by atoms with E-state index in [0.29, 0.717) is 17.5 Å². The van der Waals surface area contributed by atoms with Gasteiger partial charge in [-0.1, -0.05) is 159 Å². The van der Waals surface area contributed by atoms with Gasteiger partial charge in [-0.2, -0.15) is 0 Å². The third-order valence-corrected chi connectivity index (χ3v) is 11.8. The molecule has 0 fully saturated rings. The third kappa shape index (κ3) is 5.44. The highest BCUT2D eigenvalue weighted by molar-refractivity contribution is 6.26. The van der Waals surface area contributed by atoms with Crippen molar-refractivity contribution in [2.75, 3.05) is 0 Å². The number of nitrogens with zero attached hydrogens (tertiary/aromatic N) is 4. The van der Waals surface area contributed by atoms with Crippen LogP contribution in [-0.2, 0) is 5.41 Å². The van der Waals surface area contributed by atoms with E-state index in [-0.39, 0.29) is 5.41 Å². The van der Waals surface area contributed by atoms with Crippen molar-refractivity contribution >= 4 is 32.3 Å². The molecule has 10 aromatic rings. The predicted molar refractivity (Wildman–Crippen MR) is 235 cm³/mol. The second kappa shape index (κ2) is 12.9. The van der Waals surface area contributed by atoms with E-state index >= 15 is 0 Å². The molecule has 57 heavy (non-hydrogen) atoms. The maximum atomic E-state index is 5.02. The molecule has 0 bridgehead atoms. The Balaban J connectivity index is 0.999. The highest BCUT2D eigenvalue weighted by Gasteiger charge is 2.35. The van der Waals surface area contributed by atoms with Gasteiger partial charge < -0.3 is 0 Å². The van der Waals surface area contributed by atoms with Crippen LogP contribution in [0.5, 0.6) is 0 Å². The van der Waals surface area contributed by atoms with E-state index in [9.17, 15) is 0 Å². The van der Waals surface area contributed by atoms with Crippen molar-refractivity contribution < 1.29 is 0 Å². The van der Waals surface area contributed by atoms with E-state index in [1.54, 1.807) is 0 Å². The molecule has 11 rings (SSSR count). The Hall–Kier alpha value is -7.30. The van der Waals surface area contributed by atoms with Crippen molar-refractivity contribution in [3.63, 3.8) is 0 Å². The SMILES string of the molecule is CC1(C)c2ccccc2-c2cc3c4ccc(-c5ccc(-c6nc(-c7ccccc7)nc(-c7ccc(-c8ccccn8)cc7)n6)cc5)cc4c4ccccc4c3cc21. The predicted octanol–water partition coefficient (Wildman–Crippen LogP) is 13.4. The van der Waals surface area contributed by atoms with E-state index < -0.39 is 0 Å². The molecule has 0 N–H and O–H groups in total. The summed E-state index contributed by atoms with van der Waals surface area (Å²) in [5, 5.41) is 7.69. The average molecular weight is 729 g/mol. The molecule has 8 aromatic carbocycles. The smallest absolute Gasteiger partial charge is 0.164 e. The van der Waals surface area contributed by atoms with Crippen molar-refractivity contribution in [2.45, 2.75) is 19.3 Å². The third-order valence-electron chi connectivity index (χ3n) is 11.8. The fraction of sp³-hybridized carbons (Fsp3) is 0.0566. The quantitative estimate of drug-likeness (QED) is 0.166. The van der Waals surface area contributed by atoms with Crippen LogP contribution in [0.4, 0.5) is 0 Å². The number of pyridine rings is 1. The fourth-order valence-corrected chi connectivity index (χ4v) is 8.81. The van der Waals surface area contributed by atoms with Gasteiger partial charge in [0.05, 0.1) is 5.69 Å².